The van der Waals surface area contributed by atoms with Gasteiger partial charge in [-0.05, 0) is 49.1 Å². The van der Waals surface area contributed by atoms with E-state index in [0.717, 1.165) is 29.7 Å². The number of anilines is 3. The SMILES string of the molecule is Cc1cc(NC(=O)C2CC2)sc1C(=O)Nc1ccnn1Cc1ccc(N(C)C)cc1. The summed E-state index contributed by atoms with van der Waals surface area (Å²) in [5.74, 6) is 0.606. The molecule has 1 aliphatic rings. The third kappa shape index (κ3) is 4.54. The molecule has 2 N–H and O–H groups in total. The maximum Gasteiger partial charge on any atom is 0.267 e. The number of rotatable bonds is 7. The predicted molar refractivity (Wildman–Crippen MR) is 120 cm³/mol. The van der Waals surface area contributed by atoms with Crippen molar-refractivity contribution in [2.24, 2.45) is 5.92 Å². The zero-order chi connectivity index (χ0) is 21.3. The number of amides is 2. The van der Waals surface area contributed by atoms with Crippen molar-refractivity contribution in [1.29, 1.82) is 0 Å². The molecular formula is C22H25N5O2S. The molecular weight excluding hydrogens is 398 g/mol. The number of nitrogens with zero attached hydrogens (tertiary/aromatic N) is 3. The Bertz CT molecular complexity index is 1060. The largest absolute Gasteiger partial charge is 0.378 e. The van der Waals surface area contributed by atoms with E-state index < -0.39 is 0 Å². The summed E-state index contributed by atoms with van der Waals surface area (Å²) in [7, 11) is 4.01. The van der Waals surface area contributed by atoms with Crippen molar-refractivity contribution in [2.45, 2.75) is 26.3 Å². The number of hydrogen-bond acceptors (Lipinski definition) is 5. The molecule has 0 radical (unpaired) electrons. The third-order valence-corrected chi connectivity index (χ3v) is 6.21. The van der Waals surface area contributed by atoms with Crippen molar-refractivity contribution in [1.82, 2.24) is 9.78 Å². The highest BCUT2D eigenvalue weighted by molar-refractivity contribution is 7.18. The summed E-state index contributed by atoms with van der Waals surface area (Å²) in [6.45, 7) is 2.43. The molecule has 3 aromatic rings. The zero-order valence-corrected chi connectivity index (χ0v) is 18.1. The summed E-state index contributed by atoms with van der Waals surface area (Å²) in [5.41, 5.74) is 3.07. The van der Waals surface area contributed by atoms with Crippen LogP contribution < -0.4 is 15.5 Å². The van der Waals surface area contributed by atoms with Gasteiger partial charge >= 0.3 is 0 Å². The highest BCUT2D eigenvalue weighted by atomic mass is 32.1. The lowest BCUT2D eigenvalue weighted by Gasteiger charge is -2.13. The summed E-state index contributed by atoms with van der Waals surface area (Å²) in [6, 6.07) is 11.9. The number of aryl methyl sites for hydroxylation is 1. The molecule has 0 bridgehead atoms. The first kappa shape index (κ1) is 20.2. The standard InChI is InChI=1S/C22H25N5O2S/c1-14-12-19(25-21(28)16-6-7-16)30-20(14)22(29)24-18-10-11-23-27(18)13-15-4-8-17(9-5-15)26(2)3/h4-5,8-12,16H,6-7,13H2,1-3H3,(H,24,29)(H,25,28). The van der Waals surface area contributed by atoms with E-state index in [1.165, 1.54) is 11.3 Å². The van der Waals surface area contributed by atoms with Crippen LogP contribution in [-0.2, 0) is 11.3 Å². The van der Waals surface area contributed by atoms with Crippen molar-refractivity contribution in [2.75, 3.05) is 29.6 Å². The van der Waals surface area contributed by atoms with Gasteiger partial charge in [-0.1, -0.05) is 12.1 Å². The van der Waals surface area contributed by atoms with E-state index in [4.69, 9.17) is 0 Å². The Morgan fingerprint density at radius 3 is 2.57 bits per heavy atom. The number of carbonyl (C=O) groups is 2. The third-order valence-electron chi connectivity index (χ3n) is 5.06. The van der Waals surface area contributed by atoms with E-state index in [1.807, 2.05) is 32.0 Å². The predicted octanol–water partition coefficient (Wildman–Crippen LogP) is 3.97. The highest BCUT2D eigenvalue weighted by Gasteiger charge is 2.30. The normalized spacial score (nSPS) is 13.2. The van der Waals surface area contributed by atoms with E-state index in [1.54, 1.807) is 16.9 Å². The maximum absolute atomic E-state index is 12.8. The molecule has 0 atom stereocenters. The van der Waals surface area contributed by atoms with E-state index >= 15 is 0 Å². The molecule has 156 valence electrons. The van der Waals surface area contributed by atoms with Crippen LogP contribution in [0, 0.1) is 12.8 Å². The Labute approximate surface area is 179 Å². The van der Waals surface area contributed by atoms with Gasteiger partial charge < -0.3 is 15.5 Å². The molecule has 0 spiro atoms. The molecule has 7 nitrogen and oxygen atoms in total. The second kappa shape index (κ2) is 8.31. The van der Waals surface area contributed by atoms with Gasteiger partial charge in [-0.2, -0.15) is 5.10 Å². The molecule has 2 heterocycles. The molecule has 4 rings (SSSR count). The summed E-state index contributed by atoms with van der Waals surface area (Å²) in [5, 5.41) is 10.9. The van der Waals surface area contributed by atoms with Crippen LogP contribution in [0.5, 0.6) is 0 Å². The molecule has 2 amide bonds. The lowest BCUT2D eigenvalue weighted by molar-refractivity contribution is -0.117. The molecule has 1 aliphatic carbocycles. The fraction of sp³-hybridized carbons (Fsp3) is 0.318. The Kier molecular flexibility index (Phi) is 5.59. The summed E-state index contributed by atoms with van der Waals surface area (Å²) in [6.07, 6.45) is 3.57. The van der Waals surface area contributed by atoms with Crippen LogP contribution in [-0.4, -0.2) is 35.7 Å². The minimum atomic E-state index is -0.200. The van der Waals surface area contributed by atoms with Crippen molar-refractivity contribution in [3.63, 3.8) is 0 Å². The number of hydrogen-bond donors (Lipinski definition) is 2. The molecule has 8 heteroatoms. The molecule has 1 fully saturated rings. The Morgan fingerprint density at radius 2 is 1.90 bits per heavy atom. The maximum atomic E-state index is 12.8. The number of thiophene rings is 1. The first-order valence-corrected chi connectivity index (χ1v) is 10.7. The lowest BCUT2D eigenvalue weighted by atomic mass is 10.2. The van der Waals surface area contributed by atoms with E-state index in [0.29, 0.717) is 22.2 Å². The first-order chi connectivity index (χ1) is 14.4. The minimum absolute atomic E-state index is 0.0431. The molecule has 0 unspecified atom stereocenters. The van der Waals surface area contributed by atoms with Crippen LogP contribution in [0.25, 0.3) is 0 Å². The zero-order valence-electron chi connectivity index (χ0n) is 17.3. The average molecular weight is 424 g/mol. The van der Waals surface area contributed by atoms with E-state index in [2.05, 4.69) is 40.0 Å². The molecule has 2 aromatic heterocycles. The van der Waals surface area contributed by atoms with Crippen LogP contribution in [0.15, 0.2) is 42.6 Å². The van der Waals surface area contributed by atoms with Crippen LogP contribution >= 0.6 is 11.3 Å². The van der Waals surface area contributed by atoms with Crippen molar-refractivity contribution in [3.8, 4) is 0 Å². The molecule has 1 saturated carbocycles. The van der Waals surface area contributed by atoms with Gasteiger partial charge in [-0.15, -0.1) is 11.3 Å². The number of nitrogens with one attached hydrogen (secondary N) is 2. The van der Waals surface area contributed by atoms with Gasteiger partial charge in [-0.3, -0.25) is 9.59 Å². The molecule has 0 saturated heterocycles. The highest BCUT2D eigenvalue weighted by Crippen LogP contribution is 2.33. The topological polar surface area (TPSA) is 79.3 Å². The average Bonchev–Trinajstić information content (AvgIpc) is 3.39. The Morgan fingerprint density at radius 1 is 1.17 bits per heavy atom. The summed E-state index contributed by atoms with van der Waals surface area (Å²) < 4.78 is 1.77. The van der Waals surface area contributed by atoms with Gasteiger partial charge in [0, 0.05) is 31.8 Å². The monoisotopic (exact) mass is 423 g/mol. The number of carbonyl (C=O) groups excluding carboxylic acids is 2. The van der Waals surface area contributed by atoms with Gasteiger partial charge in [0.15, 0.2) is 0 Å². The van der Waals surface area contributed by atoms with Crippen LogP contribution in [0.4, 0.5) is 16.5 Å². The smallest absolute Gasteiger partial charge is 0.267 e. The van der Waals surface area contributed by atoms with Crippen molar-refractivity contribution in [3.05, 3.63) is 58.6 Å². The Balaban J connectivity index is 1.43. The van der Waals surface area contributed by atoms with Gasteiger partial charge in [0.25, 0.3) is 5.91 Å². The van der Waals surface area contributed by atoms with Crippen molar-refractivity contribution < 1.29 is 9.59 Å². The van der Waals surface area contributed by atoms with Gasteiger partial charge in [0.05, 0.1) is 22.6 Å². The van der Waals surface area contributed by atoms with Gasteiger partial charge in [-0.25, -0.2) is 4.68 Å². The fourth-order valence-corrected chi connectivity index (χ4v) is 4.12. The quantitative estimate of drug-likeness (QED) is 0.603. The van der Waals surface area contributed by atoms with Gasteiger partial charge in [0.1, 0.15) is 5.82 Å². The van der Waals surface area contributed by atoms with Crippen LogP contribution in [0.1, 0.15) is 33.6 Å². The molecule has 30 heavy (non-hydrogen) atoms. The second-order valence-electron chi connectivity index (χ2n) is 7.78. The van der Waals surface area contributed by atoms with Crippen LogP contribution in [0.2, 0.25) is 0 Å². The molecule has 1 aromatic carbocycles. The Hall–Kier alpha value is -3.13. The van der Waals surface area contributed by atoms with Gasteiger partial charge in [0.2, 0.25) is 5.91 Å². The van der Waals surface area contributed by atoms with E-state index in [-0.39, 0.29) is 17.7 Å². The van der Waals surface area contributed by atoms with Crippen molar-refractivity contribution >= 4 is 39.7 Å². The second-order valence-corrected chi connectivity index (χ2v) is 8.83. The lowest BCUT2D eigenvalue weighted by Crippen LogP contribution is -2.16. The molecule has 0 aliphatic heterocycles. The summed E-state index contributed by atoms with van der Waals surface area (Å²) >= 11 is 1.30. The van der Waals surface area contributed by atoms with Crippen LogP contribution in [0.3, 0.4) is 0 Å². The summed E-state index contributed by atoms with van der Waals surface area (Å²) in [4.78, 5) is 27.5. The first-order valence-electron chi connectivity index (χ1n) is 9.91. The minimum Gasteiger partial charge on any atom is -0.378 e. The number of aromatic nitrogens is 2. The van der Waals surface area contributed by atoms with E-state index in [9.17, 15) is 9.59 Å². The fourth-order valence-electron chi connectivity index (χ4n) is 3.15. The number of benzene rings is 1.